The quantitative estimate of drug-likeness (QED) is 0.144. The Labute approximate surface area is 341 Å². The number of piperazine rings is 1. The number of carboxylic acids is 2. The van der Waals surface area contributed by atoms with Crippen LogP contribution in [0.25, 0.3) is 12.2 Å². The van der Waals surface area contributed by atoms with Crippen LogP contribution in [0.1, 0.15) is 38.8 Å². The second-order valence-electron chi connectivity index (χ2n) is 13.2. The van der Waals surface area contributed by atoms with Crippen molar-refractivity contribution in [2.75, 3.05) is 68.8 Å². The molecule has 0 aliphatic carbocycles. The van der Waals surface area contributed by atoms with Crippen molar-refractivity contribution in [3.05, 3.63) is 84.0 Å². The van der Waals surface area contributed by atoms with Gasteiger partial charge in [0.2, 0.25) is 23.3 Å². The van der Waals surface area contributed by atoms with E-state index in [9.17, 15) is 19.2 Å². The van der Waals surface area contributed by atoms with E-state index in [1.807, 2.05) is 46.2 Å². The van der Waals surface area contributed by atoms with Crippen molar-refractivity contribution in [3.63, 3.8) is 0 Å². The molecule has 0 aromatic heterocycles. The topological polar surface area (TPSA) is 174 Å². The Morgan fingerprint density at radius 2 is 1.02 bits per heavy atom. The number of hydrogen-bond donors (Lipinski definition) is 2. The highest BCUT2D eigenvalue weighted by molar-refractivity contribution is 5.91. The monoisotopic (exact) mass is 807 g/mol. The first kappa shape index (κ1) is 47.9. The number of hydrogen-bond acceptors (Lipinski definition) is 11. The first-order valence-corrected chi connectivity index (χ1v) is 18.4. The number of rotatable bonds is 18. The van der Waals surface area contributed by atoms with E-state index in [1.54, 1.807) is 79.1 Å². The van der Waals surface area contributed by atoms with Crippen LogP contribution in [-0.2, 0) is 19.2 Å². The van der Waals surface area contributed by atoms with Gasteiger partial charge in [-0.15, -0.1) is 0 Å². The number of ether oxygens (including phenoxy) is 6. The van der Waals surface area contributed by atoms with Gasteiger partial charge in [0.05, 0.1) is 48.7 Å². The molecule has 1 atom stereocenters. The van der Waals surface area contributed by atoms with Gasteiger partial charge in [-0.2, -0.15) is 0 Å². The van der Waals surface area contributed by atoms with Crippen LogP contribution in [0.2, 0.25) is 0 Å². The van der Waals surface area contributed by atoms with Crippen LogP contribution in [0.4, 0.5) is 0 Å². The fraction of sp³-hybridized carbons (Fsp3) is 0.395. The second-order valence-corrected chi connectivity index (χ2v) is 13.2. The summed E-state index contributed by atoms with van der Waals surface area (Å²) in [5, 5.41) is 15.6. The molecule has 3 rings (SSSR count). The zero-order valence-electron chi connectivity index (χ0n) is 35.0. The van der Waals surface area contributed by atoms with E-state index in [2.05, 4.69) is 32.6 Å². The van der Waals surface area contributed by atoms with Gasteiger partial charge in [-0.3, -0.25) is 14.5 Å². The smallest absolute Gasteiger partial charge is 0.328 e. The molecule has 15 heteroatoms. The number of carbonyl (C=O) groups is 4. The first-order chi connectivity index (χ1) is 27.6. The molecule has 0 radical (unpaired) electrons. The molecule has 2 aromatic rings. The molecule has 2 N–H and O–H groups in total. The first-order valence-electron chi connectivity index (χ1n) is 18.4. The summed E-state index contributed by atoms with van der Waals surface area (Å²) in [5.74, 6) is 0.491. The molecule has 15 nitrogen and oxygen atoms in total. The Hall–Kier alpha value is -6.22. The van der Waals surface area contributed by atoms with Crippen LogP contribution in [0.3, 0.4) is 0 Å². The lowest BCUT2D eigenvalue weighted by Crippen LogP contribution is -2.60. The van der Waals surface area contributed by atoms with E-state index < -0.39 is 11.9 Å². The fourth-order valence-electron chi connectivity index (χ4n) is 6.11. The van der Waals surface area contributed by atoms with Gasteiger partial charge >= 0.3 is 11.9 Å². The molecule has 1 heterocycles. The van der Waals surface area contributed by atoms with Gasteiger partial charge < -0.3 is 48.4 Å². The summed E-state index contributed by atoms with van der Waals surface area (Å²) in [6, 6.07) is 7.71. The summed E-state index contributed by atoms with van der Waals surface area (Å²) in [7, 11) is 9.39. The van der Waals surface area contributed by atoms with Gasteiger partial charge in [0.25, 0.3) is 0 Å². The third-order valence-corrected chi connectivity index (χ3v) is 8.85. The molecular formula is C43H57N3O12. The summed E-state index contributed by atoms with van der Waals surface area (Å²) in [6.07, 6.45) is 15.0. The molecule has 0 bridgehead atoms. The zero-order chi connectivity index (χ0) is 43.4. The molecule has 1 aliphatic rings. The maximum Gasteiger partial charge on any atom is 0.328 e. The predicted octanol–water partition coefficient (Wildman–Crippen LogP) is 5.45. The van der Waals surface area contributed by atoms with Crippen LogP contribution in [0.5, 0.6) is 34.5 Å². The molecule has 316 valence electrons. The van der Waals surface area contributed by atoms with E-state index >= 15 is 0 Å². The molecule has 0 spiro atoms. The Morgan fingerprint density at radius 3 is 1.36 bits per heavy atom. The maximum absolute atomic E-state index is 13.6. The molecular weight excluding hydrogens is 750 g/mol. The minimum atomic E-state index is -1.26. The Balaban J connectivity index is 0.00000131. The Morgan fingerprint density at radius 1 is 0.621 bits per heavy atom. The van der Waals surface area contributed by atoms with Crippen molar-refractivity contribution in [2.45, 2.75) is 45.8 Å². The van der Waals surface area contributed by atoms with E-state index in [0.717, 1.165) is 11.1 Å². The van der Waals surface area contributed by atoms with E-state index in [-0.39, 0.29) is 29.9 Å². The minimum absolute atomic E-state index is 0.104. The number of aliphatic carboxylic acids is 2. The standard InChI is InChI=1S/C39H53N3O8.C4H4O4/c1-27(2)42(28(3)4)26-31-25-40(36(43)17-13-11-15-29-21-32(45-5)38(49-9)33(22-29)46-6)19-20-41(31)37(44)18-14-12-16-30-23-34(47-7)39(50-10)35(24-30)48-8;5-3(6)1-2-4(7)8/h11-18,21-24,27-28,31H,19-20,25-26H2,1-10H3;1-2H,(H,5,6)(H,7,8)/b15-11+,16-12+,17-13+,18-14+;2-1+. The van der Waals surface area contributed by atoms with E-state index in [4.69, 9.17) is 38.6 Å². The lowest BCUT2D eigenvalue weighted by atomic mass is 10.1. The molecule has 2 aromatic carbocycles. The highest BCUT2D eigenvalue weighted by Gasteiger charge is 2.33. The molecule has 58 heavy (non-hydrogen) atoms. The number of benzene rings is 2. The maximum atomic E-state index is 13.6. The highest BCUT2D eigenvalue weighted by atomic mass is 16.5. The largest absolute Gasteiger partial charge is 0.493 e. The highest BCUT2D eigenvalue weighted by Crippen LogP contribution is 2.39. The van der Waals surface area contributed by atoms with E-state index in [0.29, 0.717) is 72.8 Å². The molecule has 0 saturated carbocycles. The van der Waals surface area contributed by atoms with Crippen molar-refractivity contribution < 1.29 is 57.8 Å². The van der Waals surface area contributed by atoms with Gasteiger partial charge in [-0.05, 0) is 63.1 Å². The van der Waals surface area contributed by atoms with Crippen LogP contribution in [-0.4, -0.2) is 136 Å². The minimum Gasteiger partial charge on any atom is -0.493 e. The molecule has 1 fully saturated rings. The number of amides is 2. The average molecular weight is 808 g/mol. The summed E-state index contributed by atoms with van der Waals surface area (Å²) in [4.78, 5) is 52.0. The fourth-order valence-corrected chi connectivity index (χ4v) is 6.11. The van der Waals surface area contributed by atoms with E-state index in [1.165, 1.54) is 0 Å². The van der Waals surface area contributed by atoms with Gasteiger partial charge in [-0.25, -0.2) is 9.59 Å². The lowest BCUT2D eigenvalue weighted by molar-refractivity contribution is -0.138. The summed E-state index contributed by atoms with van der Waals surface area (Å²) < 4.78 is 32.6. The van der Waals surface area contributed by atoms with Crippen LogP contribution in [0.15, 0.2) is 72.9 Å². The summed E-state index contributed by atoms with van der Waals surface area (Å²) >= 11 is 0. The zero-order valence-corrected chi connectivity index (χ0v) is 35.0. The number of nitrogens with zero attached hydrogens (tertiary/aromatic N) is 3. The van der Waals surface area contributed by atoms with Crippen molar-refractivity contribution >= 4 is 35.9 Å². The number of allylic oxidation sites excluding steroid dienone is 4. The normalized spacial score (nSPS) is 14.5. The lowest BCUT2D eigenvalue weighted by Gasteiger charge is -2.44. The van der Waals surface area contributed by atoms with Crippen LogP contribution in [0, 0.1) is 0 Å². The number of carboxylic acid groups (broad SMARTS) is 2. The third kappa shape index (κ3) is 14.7. The average Bonchev–Trinajstić information content (AvgIpc) is 3.20. The number of methoxy groups -OCH3 is 6. The van der Waals surface area contributed by atoms with Crippen LogP contribution >= 0.6 is 0 Å². The van der Waals surface area contributed by atoms with Crippen LogP contribution < -0.4 is 28.4 Å². The van der Waals surface area contributed by atoms with Gasteiger partial charge in [0.15, 0.2) is 23.0 Å². The van der Waals surface area contributed by atoms with Gasteiger partial charge in [0, 0.05) is 62.6 Å². The Kier molecular flexibility index (Phi) is 20.2. The molecule has 1 aliphatic heterocycles. The predicted molar refractivity (Wildman–Crippen MR) is 222 cm³/mol. The van der Waals surface area contributed by atoms with Gasteiger partial charge in [-0.1, -0.05) is 36.5 Å². The third-order valence-electron chi connectivity index (χ3n) is 8.85. The van der Waals surface area contributed by atoms with Crippen molar-refractivity contribution in [2.24, 2.45) is 0 Å². The number of carbonyl (C=O) groups excluding carboxylic acids is 2. The van der Waals surface area contributed by atoms with Crippen molar-refractivity contribution in [1.29, 1.82) is 0 Å². The van der Waals surface area contributed by atoms with Crippen molar-refractivity contribution in [3.8, 4) is 34.5 Å². The molecule has 1 saturated heterocycles. The Bertz CT molecular complexity index is 1770. The summed E-state index contributed by atoms with van der Waals surface area (Å²) in [6.45, 7) is 10.5. The SMILES string of the molecule is COc1cc(/C=C/C=C/C(=O)N2CCN(C(=O)/C=C/C=C/c3cc(OC)c(OC)c(OC)c3)C(CN(C(C)C)C(C)C)C2)cc(OC)c1OC.O=C(O)/C=C/C(=O)O. The van der Waals surface area contributed by atoms with Gasteiger partial charge in [0.1, 0.15) is 0 Å². The summed E-state index contributed by atoms with van der Waals surface area (Å²) in [5.41, 5.74) is 1.66. The second kappa shape index (κ2) is 24.4. The molecule has 2 amide bonds. The van der Waals surface area contributed by atoms with Crippen molar-refractivity contribution in [1.82, 2.24) is 14.7 Å². The molecule has 1 unspecified atom stereocenters.